The number of nitrogens with one attached hydrogen (secondary N) is 1. The van der Waals surface area contributed by atoms with E-state index in [9.17, 15) is 9.59 Å². The molecule has 0 unspecified atom stereocenters. The summed E-state index contributed by atoms with van der Waals surface area (Å²) in [5.41, 5.74) is 1.27. The van der Waals surface area contributed by atoms with E-state index in [0.717, 1.165) is 5.56 Å². The average molecular weight is 268 g/mol. The van der Waals surface area contributed by atoms with Crippen molar-refractivity contribution >= 4 is 23.6 Å². The monoisotopic (exact) mass is 268 g/mol. The van der Waals surface area contributed by atoms with Gasteiger partial charge in [0.1, 0.15) is 0 Å². The molecule has 2 rings (SSSR count). The number of carbonyl (C=O) groups is 2. The smallest absolute Gasteiger partial charge is 0.337 e. The molecule has 2 N–H and O–H groups in total. The van der Waals surface area contributed by atoms with Crippen LogP contribution in [0, 0.1) is 0 Å². The molecule has 0 spiro atoms. The maximum Gasteiger partial charge on any atom is 0.337 e. The van der Waals surface area contributed by atoms with Crippen molar-refractivity contribution in [3.8, 4) is 0 Å². The van der Waals surface area contributed by atoms with E-state index in [1.807, 2.05) is 30.3 Å². The van der Waals surface area contributed by atoms with Crippen molar-refractivity contribution < 1.29 is 14.7 Å². The second-order valence-electron chi connectivity index (χ2n) is 4.00. The number of amides is 1. The van der Waals surface area contributed by atoms with Gasteiger partial charge in [0, 0.05) is 12.3 Å². The van der Waals surface area contributed by atoms with E-state index in [0.29, 0.717) is 5.69 Å². The highest BCUT2D eigenvalue weighted by atomic mass is 16.4. The zero-order valence-corrected chi connectivity index (χ0v) is 10.5. The van der Waals surface area contributed by atoms with Gasteiger partial charge in [0.2, 0.25) is 5.91 Å². The molecular formula is C15H12N2O3. The number of pyridine rings is 1. The van der Waals surface area contributed by atoms with Gasteiger partial charge < -0.3 is 10.4 Å². The highest BCUT2D eigenvalue weighted by Crippen LogP contribution is 2.09. The lowest BCUT2D eigenvalue weighted by atomic mass is 10.2. The summed E-state index contributed by atoms with van der Waals surface area (Å²) >= 11 is 0. The van der Waals surface area contributed by atoms with Gasteiger partial charge in [0.25, 0.3) is 0 Å². The normalized spacial score (nSPS) is 10.4. The Morgan fingerprint density at radius 2 is 1.90 bits per heavy atom. The summed E-state index contributed by atoms with van der Waals surface area (Å²) in [6.07, 6.45) is 5.66. The standard InChI is InChI=1S/C15H12N2O3/c18-14(7-6-11-4-2-1-3-5-11)17-13-8-12(15(19)20)9-16-10-13/h1-10H,(H,17,18)(H,19,20). The van der Waals surface area contributed by atoms with Crippen LogP contribution in [0.15, 0.2) is 54.9 Å². The molecule has 1 heterocycles. The molecule has 0 bridgehead atoms. The first kappa shape index (κ1) is 13.5. The first-order valence-electron chi connectivity index (χ1n) is 5.87. The predicted octanol–water partition coefficient (Wildman–Crippen LogP) is 2.43. The van der Waals surface area contributed by atoms with Crippen molar-refractivity contribution in [2.45, 2.75) is 0 Å². The summed E-state index contributed by atoms with van der Waals surface area (Å²) < 4.78 is 0. The van der Waals surface area contributed by atoms with E-state index < -0.39 is 5.97 Å². The molecule has 5 nitrogen and oxygen atoms in total. The van der Waals surface area contributed by atoms with Crippen LogP contribution in [0.5, 0.6) is 0 Å². The van der Waals surface area contributed by atoms with E-state index in [-0.39, 0.29) is 11.5 Å². The number of nitrogens with zero attached hydrogens (tertiary/aromatic N) is 1. The Morgan fingerprint density at radius 1 is 1.15 bits per heavy atom. The molecule has 0 aliphatic rings. The third-order valence-electron chi connectivity index (χ3n) is 2.48. The van der Waals surface area contributed by atoms with Crippen molar-refractivity contribution in [1.82, 2.24) is 4.98 Å². The Kier molecular flexibility index (Phi) is 4.24. The Hall–Kier alpha value is -2.95. The Balaban J connectivity index is 2.03. The first-order valence-corrected chi connectivity index (χ1v) is 5.87. The number of aromatic nitrogens is 1. The SMILES string of the molecule is O=C(C=Cc1ccccc1)Nc1cncc(C(=O)O)c1. The van der Waals surface area contributed by atoms with Crippen LogP contribution in [0.2, 0.25) is 0 Å². The van der Waals surface area contributed by atoms with Gasteiger partial charge in [0.15, 0.2) is 0 Å². The van der Waals surface area contributed by atoms with Gasteiger partial charge >= 0.3 is 5.97 Å². The van der Waals surface area contributed by atoms with E-state index >= 15 is 0 Å². The fourth-order valence-electron chi connectivity index (χ4n) is 1.55. The molecule has 0 radical (unpaired) electrons. The number of rotatable bonds is 4. The van der Waals surface area contributed by atoms with Crippen LogP contribution in [0.4, 0.5) is 5.69 Å². The summed E-state index contributed by atoms with van der Waals surface area (Å²) in [4.78, 5) is 26.2. The van der Waals surface area contributed by atoms with Gasteiger partial charge in [-0.1, -0.05) is 30.3 Å². The number of hydrogen-bond acceptors (Lipinski definition) is 3. The van der Waals surface area contributed by atoms with Crippen molar-refractivity contribution in [2.24, 2.45) is 0 Å². The van der Waals surface area contributed by atoms with Crippen LogP contribution in [-0.2, 0) is 4.79 Å². The molecule has 1 amide bonds. The quantitative estimate of drug-likeness (QED) is 0.835. The third-order valence-corrected chi connectivity index (χ3v) is 2.48. The maximum absolute atomic E-state index is 11.7. The fraction of sp³-hybridized carbons (Fsp3) is 0. The number of hydrogen-bond donors (Lipinski definition) is 2. The van der Waals surface area contributed by atoms with Gasteiger partial charge in [-0.3, -0.25) is 9.78 Å². The molecule has 1 aromatic heterocycles. The highest BCUT2D eigenvalue weighted by molar-refractivity contribution is 6.02. The molecule has 0 fully saturated rings. The second-order valence-corrected chi connectivity index (χ2v) is 4.00. The summed E-state index contributed by atoms with van der Waals surface area (Å²) in [7, 11) is 0. The van der Waals surface area contributed by atoms with Crippen LogP contribution in [-0.4, -0.2) is 22.0 Å². The zero-order chi connectivity index (χ0) is 14.4. The van der Waals surface area contributed by atoms with Crippen molar-refractivity contribution in [3.05, 3.63) is 66.0 Å². The topological polar surface area (TPSA) is 79.3 Å². The predicted molar refractivity (Wildman–Crippen MR) is 75.3 cm³/mol. The minimum atomic E-state index is -1.09. The lowest BCUT2D eigenvalue weighted by Crippen LogP contribution is -2.09. The summed E-state index contributed by atoms with van der Waals surface area (Å²) in [6, 6.07) is 10.7. The minimum absolute atomic E-state index is 0.0230. The van der Waals surface area contributed by atoms with E-state index in [1.54, 1.807) is 6.08 Å². The van der Waals surface area contributed by atoms with Crippen LogP contribution >= 0.6 is 0 Å². The number of aromatic carboxylic acids is 1. The summed E-state index contributed by atoms with van der Waals surface area (Å²) in [5, 5.41) is 11.4. The van der Waals surface area contributed by atoms with Gasteiger partial charge in [-0.05, 0) is 17.7 Å². The lowest BCUT2D eigenvalue weighted by molar-refractivity contribution is -0.111. The number of carboxylic acids is 1. The summed E-state index contributed by atoms with van der Waals surface area (Å²) in [5.74, 6) is -1.44. The maximum atomic E-state index is 11.7. The Labute approximate surface area is 115 Å². The van der Waals surface area contributed by atoms with Gasteiger partial charge in [-0.2, -0.15) is 0 Å². The average Bonchev–Trinajstić information content (AvgIpc) is 2.46. The van der Waals surface area contributed by atoms with E-state index in [1.165, 1.54) is 24.5 Å². The molecule has 5 heteroatoms. The van der Waals surface area contributed by atoms with Crippen molar-refractivity contribution in [3.63, 3.8) is 0 Å². The number of carboxylic acid groups (broad SMARTS) is 1. The molecule has 20 heavy (non-hydrogen) atoms. The summed E-state index contributed by atoms with van der Waals surface area (Å²) in [6.45, 7) is 0. The lowest BCUT2D eigenvalue weighted by Gasteiger charge is -2.02. The van der Waals surface area contributed by atoms with Crippen molar-refractivity contribution in [2.75, 3.05) is 5.32 Å². The molecular weight excluding hydrogens is 256 g/mol. The van der Waals surface area contributed by atoms with Gasteiger partial charge in [-0.15, -0.1) is 0 Å². The molecule has 2 aromatic rings. The van der Waals surface area contributed by atoms with Crippen LogP contribution in [0.3, 0.4) is 0 Å². The van der Waals surface area contributed by atoms with Crippen molar-refractivity contribution in [1.29, 1.82) is 0 Å². The molecule has 100 valence electrons. The van der Waals surface area contributed by atoms with E-state index in [2.05, 4.69) is 10.3 Å². The largest absolute Gasteiger partial charge is 0.478 e. The molecule has 0 aliphatic heterocycles. The fourth-order valence-corrected chi connectivity index (χ4v) is 1.55. The number of anilines is 1. The number of carbonyl (C=O) groups excluding carboxylic acids is 1. The van der Waals surface area contributed by atoms with Crippen LogP contribution < -0.4 is 5.32 Å². The van der Waals surface area contributed by atoms with E-state index in [4.69, 9.17) is 5.11 Å². The molecule has 1 aromatic carbocycles. The minimum Gasteiger partial charge on any atom is -0.478 e. The Morgan fingerprint density at radius 3 is 2.60 bits per heavy atom. The zero-order valence-electron chi connectivity index (χ0n) is 10.5. The third kappa shape index (κ3) is 3.78. The van der Waals surface area contributed by atoms with Gasteiger partial charge in [-0.25, -0.2) is 4.79 Å². The number of benzene rings is 1. The second kappa shape index (κ2) is 6.29. The first-order chi connectivity index (χ1) is 9.65. The molecule has 0 aliphatic carbocycles. The molecule has 0 saturated heterocycles. The van der Waals surface area contributed by atoms with Crippen LogP contribution in [0.25, 0.3) is 6.08 Å². The highest BCUT2D eigenvalue weighted by Gasteiger charge is 2.05. The van der Waals surface area contributed by atoms with Gasteiger partial charge in [0.05, 0.1) is 17.4 Å². The molecule has 0 atom stereocenters. The molecule has 0 saturated carbocycles. The Bertz CT molecular complexity index is 651. The van der Waals surface area contributed by atoms with Crippen LogP contribution in [0.1, 0.15) is 15.9 Å².